The van der Waals surface area contributed by atoms with Crippen molar-refractivity contribution in [3.05, 3.63) is 83.4 Å². The number of fused-ring (bicyclic) bond motifs is 1. The number of esters is 1. The third kappa shape index (κ3) is 4.74. The lowest BCUT2D eigenvalue weighted by Gasteiger charge is -2.17. The summed E-state index contributed by atoms with van der Waals surface area (Å²) in [6, 6.07) is 22.0. The number of benzene rings is 3. The summed E-state index contributed by atoms with van der Waals surface area (Å²) in [6.07, 6.45) is 0.466. The molecular weight excluding hydrogens is 352 g/mol. The van der Waals surface area contributed by atoms with E-state index in [0.29, 0.717) is 12.0 Å². The average Bonchev–Trinajstić information content (AvgIpc) is 2.73. The van der Waals surface area contributed by atoms with Crippen LogP contribution in [-0.4, -0.2) is 25.0 Å². The van der Waals surface area contributed by atoms with Gasteiger partial charge in [-0.3, -0.25) is 4.79 Å². The predicted molar refractivity (Wildman–Crippen MR) is 106 cm³/mol. The van der Waals surface area contributed by atoms with E-state index in [4.69, 9.17) is 10.00 Å². The molecule has 0 aliphatic carbocycles. The number of hydrogen-bond donors (Lipinski definition) is 1. The molecule has 0 radical (unpaired) electrons. The SMILES string of the molecule is COC(=O)[C@@H](Cc1ccc(C#N)cc1)NC(=O)Cc1ccc2ccccc2c1. The van der Waals surface area contributed by atoms with Gasteiger partial charge in [0.1, 0.15) is 6.04 Å². The maximum atomic E-state index is 12.5. The molecule has 0 saturated carbocycles. The number of nitrogens with zero attached hydrogens (tertiary/aromatic N) is 1. The van der Waals surface area contributed by atoms with Crippen LogP contribution in [0, 0.1) is 11.3 Å². The number of methoxy groups -OCH3 is 1. The lowest BCUT2D eigenvalue weighted by atomic mass is 10.0. The van der Waals surface area contributed by atoms with E-state index in [9.17, 15) is 9.59 Å². The topological polar surface area (TPSA) is 79.2 Å². The molecule has 1 amide bonds. The molecule has 140 valence electrons. The Bertz CT molecular complexity index is 1040. The first-order valence-corrected chi connectivity index (χ1v) is 8.93. The number of hydrogen-bond acceptors (Lipinski definition) is 4. The minimum atomic E-state index is -0.786. The lowest BCUT2D eigenvalue weighted by Crippen LogP contribution is -2.43. The van der Waals surface area contributed by atoms with Crippen molar-refractivity contribution in [2.45, 2.75) is 18.9 Å². The first-order valence-electron chi connectivity index (χ1n) is 8.93. The molecule has 28 heavy (non-hydrogen) atoms. The molecule has 1 N–H and O–H groups in total. The molecule has 0 fully saturated rings. The molecule has 3 aromatic carbocycles. The fourth-order valence-corrected chi connectivity index (χ4v) is 3.07. The van der Waals surface area contributed by atoms with Crippen molar-refractivity contribution in [2.75, 3.05) is 7.11 Å². The van der Waals surface area contributed by atoms with Crippen molar-refractivity contribution in [1.82, 2.24) is 5.32 Å². The molecule has 0 saturated heterocycles. The van der Waals surface area contributed by atoms with Crippen LogP contribution in [0.4, 0.5) is 0 Å². The van der Waals surface area contributed by atoms with E-state index in [2.05, 4.69) is 11.4 Å². The Morgan fingerprint density at radius 2 is 1.68 bits per heavy atom. The van der Waals surface area contributed by atoms with Gasteiger partial charge in [-0.15, -0.1) is 0 Å². The van der Waals surface area contributed by atoms with Gasteiger partial charge in [-0.25, -0.2) is 4.79 Å². The molecule has 3 aromatic rings. The third-order valence-electron chi connectivity index (χ3n) is 4.52. The molecule has 5 nitrogen and oxygen atoms in total. The van der Waals surface area contributed by atoms with Gasteiger partial charge in [-0.2, -0.15) is 5.26 Å². The van der Waals surface area contributed by atoms with E-state index in [1.54, 1.807) is 24.3 Å². The van der Waals surface area contributed by atoms with Crippen LogP contribution in [0.2, 0.25) is 0 Å². The van der Waals surface area contributed by atoms with Gasteiger partial charge in [0.15, 0.2) is 0 Å². The highest BCUT2D eigenvalue weighted by molar-refractivity contribution is 5.88. The van der Waals surface area contributed by atoms with Crippen LogP contribution in [0.3, 0.4) is 0 Å². The smallest absolute Gasteiger partial charge is 0.328 e. The molecule has 1 atom stereocenters. The first-order chi connectivity index (χ1) is 13.6. The quantitative estimate of drug-likeness (QED) is 0.674. The monoisotopic (exact) mass is 372 g/mol. The Labute approximate surface area is 163 Å². The second-order valence-electron chi connectivity index (χ2n) is 6.51. The number of carbonyl (C=O) groups excluding carboxylic acids is 2. The minimum absolute atomic E-state index is 0.172. The van der Waals surface area contributed by atoms with Gasteiger partial charge < -0.3 is 10.1 Å². The average molecular weight is 372 g/mol. The van der Waals surface area contributed by atoms with Crippen LogP contribution in [0.5, 0.6) is 0 Å². The first kappa shape index (κ1) is 19.1. The van der Waals surface area contributed by atoms with Gasteiger partial charge in [0, 0.05) is 6.42 Å². The zero-order valence-corrected chi connectivity index (χ0v) is 15.5. The molecule has 0 spiro atoms. The summed E-state index contributed by atoms with van der Waals surface area (Å²) in [5.74, 6) is -0.754. The van der Waals surface area contributed by atoms with Crippen molar-refractivity contribution in [3.8, 4) is 6.07 Å². The van der Waals surface area contributed by atoms with E-state index in [1.165, 1.54) is 7.11 Å². The summed E-state index contributed by atoms with van der Waals surface area (Å²) in [7, 11) is 1.30. The summed E-state index contributed by atoms with van der Waals surface area (Å²) in [6.45, 7) is 0. The Hall–Kier alpha value is -3.65. The molecule has 5 heteroatoms. The second-order valence-corrected chi connectivity index (χ2v) is 6.51. The highest BCUT2D eigenvalue weighted by Crippen LogP contribution is 2.16. The highest BCUT2D eigenvalue weighted by Gasteiger charge is 2.22. The summed E-state index contributed by atoms with van der Waals surface area (Å²) in [4.78, 5) is 24.6. The number of ether oxygens (including phenoxy) is 1. The predicted octanol–water partition coefficient (Wildman–Crippen LogP) is 3.15. The zero-order valence-electron chi connectivity index (χ0n) is 15.5. The number of nitriles is 1. The summed E-state index contributed by atoms with van der Waals surface area (Å²) in [5.41, 5.74) is 2.25. The molecule has 3 rings (SSSR count). The van der Waals surface area contributed by atoms with Gasteiger partial charge in [0.25, 0.3) is 0 Å². The van der Waals surface area contributed by atoms with Crippen molar-refractivity contribution >= 4 is 22.6 Å². The molecule has 0 aliphatic heterocycles. The van der Waals surface area contributed by atoms with Gasteiger partial charge in [0.05, 0.1) is 25.2 Å². The van der Waals surface area contributed by atoms with Crippen LogP contribution in [-0.2, 0) is 27.2 Å². The molecule has 0 aliphatic rings. The summed E-state index contributed by atoms with van der Waals surface area (Å²) in [5, 5.41) is 13.8. The lowest BCUT2D eigenvalue weighted by molar-refractivity contribution is -0.145. The van der Waals surface area contributed by atoms with Crippen molar-refractivity contribution in [1.29, 1.82) is 5.26 Å². The fraction of sp³-hybridized carbons (Fsp3) is 0.174. The molecule has 0 heterocycles. The van der Waals surface area contributed by atoms with Gasteiger partial charge in [0.2, 0.25) is 5.91 Å². The van der Waals surface area contributed by atoms with E-state index in [1.807, 2.05) is 42.5 Å². The number of carbonyl (C=O) groups is 2. The van der Waals surface area contributed by atoms with E-state index in [0.717, 1.165) is 21.9 Å². The maximum Gasteiger partial charge on any atom is 0.328 e. The Balaban J connectivity index is 1.69. The molecule has 0 bridgehead atoms. The van der Waals surface area contributed by atoms with Crippen LogP contribution < -0.4 is 5.32 Å². The fourth-order valence-electron chi connectivity index (χ4n) is 3.07. The summed E-state index contributed by atoms with van der Waals surface area (Å²) >= 11 is 0. The van der Waals surface area contributed by atoms with Crippen molar-refractivity contribution in [3.63, 3.8) is 0 Å². The number of rotatable bonds is 6. The minimum Gasteiger partial charge on any atom is -0.467 e. The molecular formula is C23H20N2O3. The standard InChI is InChI=1S/C23H20N2O3/c1-28-23(27)21(13-16-6-8-17(15-24)9-7-16)25-22(26)14-18-10-11-19-4-2-3-5-20(19)12-18/h2-12,21H,13-14H2,1H3,(H,25,26)/t21-/m1/s1. The van der Waals surface area contributed by atoms with Crippen LogP contribution in [0.1, 0.15) is 16.7 Å². The Morgan fingerprint density at radius 1 is 1.00 bits per heavy atom. The zero-order chi connectivity index (χ0) is 19.9. The molecule has 0 aromatic heterocycles. The Morgan fingerprint density at radius 3 is 2.36 bits per heavy atom. The largest absolute Gasteiger partial charge is 0.467 e. The van der Waals surface area contributed by atoms with E-state index in [-0.39, 0.29) is 12.3 Å². The maximum absolute atomic E-state index is 12.5. The normalized spacial score (nSPS) is 11.4. The third-order valence-corrected chi connectivity index (χ3v) is 4.52. The van der Waals surface area contributed by atoms with E-state index >= 15 is 0 Å². The van der Waals surface area contributed by atoms with Gasteiger partial charge in [-0.05, 0) is 34.0 Å². The molecule has 0 unspecified atom stereocenters. The highest BCUT2D eigenvalue weighted by atomic mass is 16.5. The van der Waals surface area contributed by atoms with Crippen molar-refractivity contribution < 1.29 is 14.3 Å². The van der Waals surface area contributed by atoms with Crippen molar-refractivity contribution in [2.24, 2.45) is 0 Å². The number of nitrogens with one attached hydrogen (secondary N) is 1. The summed E-state index contributed by atoms with van der Waals surface area (Å²) < 4.78 is 4.83. The second kappa shape index (κ2) is 8.83. The Kier molecular flexibility index (Phi) is 6.03. The van der Waals surface area contributed by atoms with Crippen LogP contribution in [0.25, 0.3) is 10.8 Å². The number of amides is 1. The van der Waals surface area contributed by atoms with Crippen LogP contribution in [0.15, 0.2) is 66.7 Å². The van der Waals surface area contributed by atoms with Gasteiger partial charge in [-0.1, -0.05) is 54.6 Å². The van der Waals surface area contributed by atoms with Crippen LogP contribution >= 0.6 is 0 Å². The van der Waals surface area contributed by atoms with E-state index < -0.39 is 12.0 Å². The van der Waals surface area contributed by atoms with Gasteiger partial charge >= 0.3 is 5.97 Å².